The Hall–Kier alpha value is -2.93. The number of rotatable bonds is 6. The van der Waals surface area contributed by atoms with Crippen molar-refractivity contribution in [3.8, 4) is 11.5 Å². The molecule has 0 bridgehead atoms. The summed E-state index contributed by atoms with van der Waals surface area (Å²) in [5.41, 5.74) is 7.50. The molecule has 0 aliphatic rings. The molecule has 0 radical (unpaired) electrons. The first-order valence-electron chi connectivity index (χ1n) is 7.81. The van der Waals surface area contributed by atoms with Crippen molar-refractivity contribution in [1.82, 2.24) is 9.97 Å². The van der Waals surface area contributed by atoms with Gasteiger partial charge >= 0.3 is 0 Å². The second kappa shape index (κ2) is 7.31. The highest BCUT2D eigenvalue weighted by Crippen LogP contribution is 2.34. The van der Waals surface area contributed by atoms with Crippen molar-refractivity contribution in [2.24, 2.45) is 5.73 Å². The number of aromatic nitrogens is 2. The van der Waals surface area contributed by atoms with Crippen molar-refractivity contribution in [2.75, 3.05) is 25.6 Å². The van der Waals surface area contributed by atoms with Crippen LogP contribution in [-0.4, -0.2) is 30.2 Å². The molecule has 0 atom stereocenters. The molecule has 3 aromatic rings. The molecule has 6 nitrogen and oxygen atoms in total. The number of ether oxygens (including phenoxy) is 2. The van der Waals surface area contributed by atoms with Crippen LogP contribution in [0, 0.1) is 12.7 Å². The zero-order chi connectivity index (χ0) is 17.8. The number of aryl methyl sites for hydroxylation is 1. The molecule has 0 fully saturated rings. The van der Waals surface area contributed by atoms with Crippen molar-refractivity contribution >= 4 is 22.4 Å². The van der Waals surface area contributed by atoms with E-state index in [1.54, 1.807) is 32.2 Å². The lowest BCUT2D eigenvalue weighted by molar-refractivity contribution is 0.303. The summed E-state index contributed by atoms with van der Waals surface area (Å²) in [6, 6.07) is 8.39. The molecule has 0 aliphatic heterocycles. The Labute approximate surface area is 144 Å². The number of benzene rings is 2. The van der Waals surface area contributed by atoms with E-state index in [9.17, 15) is 4.39 Å². The number of halogens is 1. The second-order valence-electron chi connectivity index (χ2n) is 5.47. The standard InChI is InChI=1S/C18H19FN4O2/c1-11-7-12(3-4-14(11)19)23-18-13-8-17(25-6-5-20)16(24-2)9-15(13)21-10-22-18/h3-4,7-10H,5-6,20H2,1-2H3,(H,21,22,23). The van der Waals surface area contributed by atoms with Gasteiger partial charge in [0.15, 0.2) is 11.5 Å². The molecule has 0 saturated carbocycles. The van der Waals surface area contributed by atoms with Crippen molar-refractivity contribution in [1.29, 1.82) is 0 Å². The Balaban J connectivity index is 2.03. The summed E-state index contributed by atoms with van der Waals surface area (Å²) in [7, 11) is 1.57. The Morgan fingerprint density at radius 3 is 2.72 bits per heavy atom. The van der Waals surface area contributed by atoms with Crippen molar-refractivity contribution in [2.45, 2.75) is 6.92 Å². The molecule has 3 N–H and O–H groups in total. The third-order valence-corrected chi connectivity index (χ3v) is 3.72. The molecule has 0 unspecified atom stereocenters. The van der Waals surface area contributed by atoms with Gasteiger partial charge in [0, 0.05) is 23.7 Å². The van der Waals surface area contributed by atoms with Gasteiger partial charge in [-0.25, -0.2) is 14.4 Å². The first kappa shape index (κ1) is 16.9. The first-order chi connectivity index (χ1) is 12.1. The highest BCUT2D eigenvalue weighted by molar-refractivity contribution is 5.93. The molecule has 7 heteroatoms. The number of hydrogen-bond donors (Lipinski definition) is 2. The molecule has 0 spiro atoms. The third-order valence-electron chi connectivity index (χ3n) is 3.72. The van der Waals surface area contributed by atoms with Gasteiger partial charge in [-0.05, 0) is 36.8 Å². The minimum Gasteiger partial charge on any atom is -0.493 e. The summed E-state index contributed by atoms with van der Waals surface area (Å²) in [5, 5.41) is 3.96. The zero-order valence-electron chi connectivity index (χ0n) is 14.0. The van der Waals surface area contributed by atoms with Gasteiger partial charge in [0.05, 0.1) is 12.6 Å². The largest absolute Gasteiger partial charge is 0.493 e. The normalized spacial score (nSPS) is 10.7. The van der Waals surface area contributed by atoms with E-state index in [4.69, 9.17) is 15.2 Å². The maximum atomic E-state index is 13.5. The van der Waals surface area contributed by atoms with Gasteiger partial charge in [0.2, 0.25) is 0 Å². The van der Waals surface area contributed by atoms with Crippen LogP contribution in [-0.2, 0) is 0 Å². The topological polar surface area (TPSA) is 82.3 Å². The summed E-state index contributed by atoms with van der Waals surface area (Å²) < 4.78 is 24.4. The SMILES string of the molecule is COc1cc2ncnc(Nc3ccc(F)c(C)c3)c2cc1OCCN. The average molecular weight is 342 g/mol. The van der Waals surface area contributed by atoms with Gasteiger partial charge in [0.25, 0.3) is 0 Å². The number of nitrogens with one attached hydrogen (secondary N) is 1. The van der Waals surface area contributed by atoms with Crippen LogP contribution in [0.2, 0.25) is 0 Å². The molecule has 1 heterocycles. The first-order valence-corrected chi connectivity index (χ1v) is 7.81. The van der Waals surface area contributed by atoms with Crippen LogP contribution >= 0.6 is 0 Å². The van der Waals surface area contributed by atoms with Gasteiger partial charge in [-0.15, -0.1) is 0 Å². The summed E-state index contributed by atoms with van der Waals surface area (Å²) in [5.74, 6) is 1.48. The summed E-state index contributed by atoms with van der Waals surface area (Å²) in [6.07, 6.45) is 1.46. The fourth-order valence-corrected chi connectivity index (χ4v) is 2.46. The lowest BCUT2D eigenvalue weighted by atomic mass is 10.2. The van der Waals surface area contributed by atoms with Crippen LogP contribution in [0.5, 0.6) is 11.5 Å². The number of nitrogens with two attached hydrogens (primary N) is 1. The van der Waals surface area contributed by atoms with E-state index in [-0.39, 0.29) is 5.82 Å². The minimum atomic E-state index is -0.250. The predicted molar refractivity (Wildman–Crippen MR) is 95.1 cm³/mol. The number of methoxy groups -OCH3 is 1. The van der Waals surface area contributed by atoms with Crippen molar-refractivity contribution < 1.29 is 13.9 Å². The molecule has 130 valence electrons. The van der Waals surface area contributed by atoms with Crippen LogP contribution in [0.4, 0.5) is 15.9 Å². The maximum absolute atomic E-state index is 13.5. The minimum absolute atomic E-state index is 0.250. The third kappa shape index (κ3) is 3.61. The van der Waals surface area contributed by atoms with Crippen LogP contribution in [0.25, 0.3) is 10.9 Å². The van der Waals surface area contributed by atoms with Gasteiger partial charge in [0.1, 0.15) is 24.6 Å². The van der Waals surface area contributed by atoms with Gasteiger partial charge in [-0.1, -0.05) is 0 Å². The van der Waals surface area contributed by atoms with Crippen molar-refractivity contribution in [3.05, 3.63) is 48.0 Å². The molecular formula is C18H19FN4O2. The summed E-state index contributed by atoms with van der Waals surface area (Å²) in [4.78, 5) is 8.57. The molecule has 25 heavy (non-hydrogen) atoms. The predicted octanol–water partition coefficient (Wildman–Crippen LogP) is 3.17. The van der Waals surface area contributed by atoms with E-state index < -0.39 is 0 Å². The van der Waals surface area contributed by atoms with E-state index in [1.807, 2.05) is 6.07 Å². The summed E-state index contributed by atoms with van der Waals surface area (Å²) in [6.45, 7) is 2.48. The Morgan fingerprint density at radius 1 is 1.16 bits per heavy atom. The fraction of sp³-hybridized carbons (Fsp3) is 0.222. The number of hydrogen-bond acceptors (Lipinski definition) is 6. The lowest BCUT2D eigenvalue weighted by Crippen LogP contribution is -2.11. The number of anilines is 2. The maximum Gasteiger partial charge on any atom is 0.162 e. The van der Waals surface area contributed by atoms with E-state index in [2.05, 4.69) is 15.3 Å². The van der Waals surface area contributed by atoms with Gasteiger partial charge in [-0.3, -0.25) is 0 Å². The molecule has 0 saturated heterocycles. The molecule has 1 aromatic heterocycles. The van der Waals surface area contributed by atoms with Gasteiger partial charge in [-0.2, -0.15) is 0 Å². The van der Waals surface area contributed by atoms with E-state index in [0.29, 0.717) is 41.5 Å². The van der Waals surface area contributed by atoms with E-state index in [0.717, 1.165) is 11.1 Å². The molecule has 0 amide bonds. The molecule has 0 aliphatic carbocycles. The number of nitrogens with zero attached hydrogens (tertiary/aromatic N) is 2. The fourth-order valence-electron chi connectivity index (χ4n) is 2.46. The average Bonchev–Trinajstić information content (AvgIpc) is 2.62. The molecular weight excluding hydrogens is 323 g/mol. The van der Waals surface area contributed by atoms with E-state index >= 15 is 0 Å². The smallest absolute Gasteiger partial charge is 0.162 e. The lowest BCUT2D eigenvalue weighted by Gasteiger charge is -2.13. The van der Waals surface area contributed by atoms with E-state index in [1.165, 1.54) is 12.4 Å². The highest BCUT2D eigenvalue weighted by Gasteiger charge is 2.12. The van der Waals surface area contributed by atoms with Crippen LogP contribution in [0.1, 0.15) is 5.56 Å². The zero-order valence-corrected chi connectivity index (χ0v) is 14.0. The quantitative estimate of drug-likeness (QED) is 0.716. The Bertz CT molecular complexity index is 902. The molecule has 3 rings (SSSR count). The Kier molecular flexibility index (Phi) is 4.95. The summed E-state index contributed by atoms with van der Waals surface area (Å²) >= 11 is 0. The highest BCUT2D eigenvalue weighted by atomic mass is 19.1. The molecule has 2 aromatic carbocycles. The van der Waals surface area contributed by atoms with Crippen LogP contribution in [0.15, 0.2) is 36.7 Å². The van der Waals surface area contributed by atoms with Gasteiger partial charge < -0.3 is 20.5 Å². The monoisotopic (exact) mass is 342 g/mol. The number of fused-ring (bicyclic) bond motifs is 1. The Morgan fingerprint density at radius 2 is 2.00 bits per heavy atom. The van der Waals surface area contributed by atoms with Crippen molar-refractivity contribution in [3.63, 3.8) is 0 Å². The van der Waals surface area contributed by atoms with Crippen LogP contribution < -0.4 is 20.5 Å². The van der Waals surface area contributed by atoms with Crippen LogP contribution in [0.3, 0.4) is 0 Å². The second-order valence-corrected chi connectivity index (χ2v) is 5.47.